The zero-order valence-corrected chi connectivity index (χ0v) is 25.5. The molecule has 0 heterocycles. The molecule has 0 saturated heterocycles. The number of unbranched alkanes of at least 4 members (excludes halogenated alkanes) is 22. The van der Waals surface area contributed by atoms with Crippen LogP contribution in [-0.2, 0) is 14.3 Å². The topological polar surface area (TPSA) is 63.6 Å². The minimum atomic E-state index is -1.01. The summed E-state index contributed by atoms with van der Waals surface area (Å²) in [5.41, 5.74) is 0. The van der Waals surface area contributed by atoms with Crippen molar-refractivity contribution in [2.45, 2.75) is 193 Å². The number of aliphatic carboxylic acids is 1. The summed E-state index contributed by atoms with van der Waals surface area (Å²) in [5, 5.41) is 9.42. The summed E-state index contributed by atoms with van der Waals surface area (Å²) in [6.07, 6.45) is 35.2. The van der Waals surface area contributed by atoms with E-state index in [9.17, 15) is 14.7 Å². The molecular formula is C34H64O4. The molecule has 4 heteroatoms. The normalized spacial score (nSPS) is 12.3. The van der Waals surface area contributed by atoms with Gasteiger partial charge in [-0.3, -0.25) is 4.79 Å². The minimum absolute atomic E-state index is 0.334. The first kappa shape index (κ1) is 36.7. The Hall–Kier alpha value is -1.32. The maximum atomic E-state index is 12.1. The molecule has 1 unspecified atom stereocenters. The molecule has 0 aliphatic carbocycles. The predicted octanol–water partition coefficient (Wildman–Crippen LogP) is 11.1. The fourth-order valence-corrected chi connectivity index (χ4v) is 4.96. The molecule has 0 radical (unpaired) electrons. The van der Waals surface area contributed by atoms with Crippen LogP contribution in [0.1, 0.15) is 187 Å². The Kier molecular flexibility index (Phi) is 29.2. The quantitative estimate of drug-likeness (QED) is 0.0563. The highest BCUT2D eigenvalue weighted by molar-refractivity contribution is 5.77. The van der Waals surface area contributed by atoms with E-state index in [1.807, 2.05) is 0 Å². The van der Waals surface area contributed by atoms with E-state index in [1.54, 1.807) is 0 Å². The molecule has 0 aromatic carbocycles. The molecule has 1 N–H and O–H groups in total. The van der Waals surface area contributed by atoms with Crippen molar-refractivity contribution in [1.82, 2.24) is 0 Å². The number of hydrogen-bond donors (Lipinski definition) is 1. The van der Waals surface area contributed by atoms with E-state index in [-0.39, 0.29) is 5.97 Å². The van der Waals surface area contributed by atoms with Gasteiger partial charge in [-0.15, -0.1) is 0 Å². The van der Waals surface area contributed by atoms with Crippen LogP contribution < -0.4 is 0 Å². The molecule has 0 aromatic heterocycles. The van der Waals surface area contributed by atoms with Gasteiger partial charge < -0.3 is 9.84 Å². The number of ether oxygens (including phenoxy) is 1. The molecule has 4 nitrogen and oxygen atoms in total. The Bertz CT molecular complexity index is 543. The molecule has 0 aliphatic heterocycles. The largest absolute Gasteiger partial charge is 0.479 e. The first-order valence-electron chi connectivity index (χ1n) is 16.7. The van der Waals surface area contributed by atoms with Crippen molar-refractivity contribution in [1.29, 1.82) is 0 Å². The van der Waals surface area contributed by atoms with Crippen LogP contribution in [0, 0.1) is 0 Å². The van der Waals surface area contributed by atoms with Crippen molar-refractivity contribution >= 4 is 11.9 Å². The zero-order chi connectivity index (χ0) is 27.9. The highest BCUT2D eigenvalue weighted by Gasteiger charge is 2.21. The first-order chi connectivity index (χ1) is 18.6. The Morgan fingerprint density at radius 1 is 0.553 bits per heavy atom. The zero-order valence-electron chi connectivity index (χ0n) is 25.5. The highest BCUT2D eigenvalue weighted by Crippen LogP contribution is 2.15. The van der Waals surface area contributed by atoms with Crippen LogP contribution in [0.2, 0.25) is 0 Å². The fraction of sp³-hybridized carbons (Fsp3) is 0.882. The van der Waals surface area contributed by atoms with Crippen LogP contribution in [0.25, 0.3) is 0 Å². The summed E-state index contributed by atoms with van der Waals surface area (Å²) in [7, 11) is 0. The number of carbonyl (C=O) groups is 2. The standard InChI is InChI=1S/C34H64O4/c1-3-5-7-9-11-13-15-17-18-19-21-23-25-27-29-31-33(35)38-32(34(36)37)30-28-26-24-22-20-16-14-12-10-8-6-4-2/h17-18,32H,3-16,19-31H2,1-2H3,(H,36,37). The van der Waals surface area contributed by atoms with E-state index in [0.717, 1.165) is 44.9 Å². The van der Waals surface area contributed by atoms with Crippen molar-refractivity contribution in [3.63, 3.8) is 0 Å². The number of carbonyl (C=O) groups excluding carboxylic acids is 1. The Labute approximate surface area is 236 Å². The van der Waals surface area contributed by atoms with E-state index in [1.165, 1.54) is 116 Å². The van der Waals surface area contributed by atoms with E-state index in [2.05, 4.69) is 26.0 Å². The van der Waals surface area contributed by atoms with Crippen LogP contribution in [0.15, 0.2) is 12.2 Å². The summed E-state index contributed by atoms with van der Waals surface area (Å²) in [6.45, 7) is 4.51. The molecule has 38 heavy (non-hydrogen) atoms. The maximum Gasteiger partial charge on any atom is 0.345 e. The third-order valence-electron chi connectivity index (χ3n) is 7.51. The lowest BCUT2D eigenvalue weighted by Crippen LogP contribution is -2.27. The van der Waals surface area contributed by atoms with Gasteiger partial charge >= 0.3 is 11.9 Å². The van der Waals surface area contributed by atoms with E-state index >= 15 is 0 Å². The second kappa shape index (κ2) is 30.2. The van der Waals surface area contributed by atoms with Crippen LogP contribution in [0.4, 0.5) is 0 Å². The van der Waals surface area contributed by atoms with Gasteiger partial charge in [0.25, 0.3) is 0 Å². The summed E-state index contributed by atoms with van der Waals surface area (Å²) in [5.74, 6) is -1.36. The minimum Gasteiger partial charge on any atom is -0.479 e. The monoisotopic (exact) mass is 536 g/mol. The SMILES string of the molecule is CCCCCCCCC=CCCCCCCCC(=O)OC(CCCCCCCCCCCCCC)C(=O)O. The second-order valence-corrected chi connectivity index (χ2v) is 11.3. The van der Waals surface area contributed by atoms with Gasteiger partial charge in [-0.2, -0.15) is 0 Å². The third kappa shape index (κ3) is 27.7. The summed E-state index contributed by atoms with van der Waals surface area (Å²) >= 11 is 0. The van der Waals surface area contributed by atoms with Crippen LogP contribution in [0.5, 0.6) is 0 Å². The van der Waals surface area contributed by atoms with Gasteiger partial charge in [0.2, 0.25) is 0 Å². The van der Waals surface area contributed by atoms with Crippen LogP contribution in [0.3, 0.4) is 0 Å². The van der Waals surface area contributed by atoms with E-state index < -0.39 is 12.1 Å². The van der Waals surface area contributed by atoms with E-state index in [4.69, 9.17) is 4.74 Å². The Morgan fingerprint density at radius 3 is 1.34 bits per heavy atom. The van der Waals surface area contributed by atoms with Crippen molar-refractivity contribution < 1.29 is 19.4 Å². The molecule has 0 spiro atoms. The number of carboxylic acids is 1. The lowest BCUT2D eigenvalue weighted by molar-refractivity contribution is -0.164. The van der Waals surface area contributed by atoms with Gasteiger partial charge in [0.15, 0.2) is 6.10 Å². The third-order valence-corrected chi connectivity index (χ3v) is 7.51. The molecular weight excluding hydrogens is 472 g/mol. The first-order valence-corrected chi connectivity index (χ1v) is 16.7. The van der Waals surface area contributed by atoms with Gasteiger partial charge in [-0.05, 0) is 44.9 Å². The van der Waals surface area contributed by atoms with Crippen molar-refractivity contribution in [2.75, 3.05) is 0 Å². The molecule has 0 aromatic rings. The van der Waals surface area contributed by atoms with Crippen LogP contribution >= 0.6 is 0 Å². The fourth-order valence-electron chi connectivity index (χ4n) is 4.96. The maximum absolute atomic E-state index is 12.1. The molecule has 0 amide bonds. The van der Waals surface area contributed by atoms with Crippen molar-refractivity contribution in [3.8, 4) is 0 Å². The summed E-state index contributed by atoms with van der Waals surface area (Å²) < 4.78 is 5.28. The lowest BCUT2D eigenvalue weighted by Gasteiger charge is -2.13. The average molecular weight is 537 g/mol. The molecule has 0 rings (SSSR count). The number of rotatable bonds is 30. The lowest BCUT2D eigenvalue weighted by atomic mass is 10.0. The number of esters is 1. The highest BCUT2D eigenvalue weighted by atomic mass is 16.6. The Balaban J connectivity index is 3.59. The van der Waals surface area contributed by atoms with Crippen LogP contribution in [-0.4, -0.2) is 23.1 Å². The Morgan fingerprint density at radius 2 is 0.921 bits per heavy atom. The second-order valence-electron chi connectivity index (χ2n) is 11.3. The number of allylic oxidation sites excluding steroid dienone is 2. The molecule has 224 valence electrons. The van der Waals surface area contributed by atoms with Crippen molar-refractivity contribution in [2.24, 2.45) is 0 Å². The van der Waals surface area contributed by atoms with Gasteiger partial charge in [0, 0.05) is 6.42 Å². The van der Waals surface area contributed by atoms with Gasteiger partial charge in [0.1, 0.15) is 0 Å². The summed E-state index contributed by atoms with van der Waals surface area (Å²) in [6, 6.07) is 0. The molecule has 0 fully saturated rings. The van der Waals surface area contributed by atoms with Gasteiger partial charge in [0.05, 0.1) is 0 Å². The molecule has 0 saturated carbocycles. The number of carboxylic acid groups (broad SMARTS) is 1. The molecule has 0 aliphatic rings. The van der Waals surface area contributed by atoms with Crippen molar-refractivity contribution in [3.05, 3.63) is 12.2 Å². The average Bonchev–Trinajstić information content (AvgIpc) is 2.90. The smallest absolute Gasteiger partial charge is 0.345 e. The van der Waals surface area contributed by atoms with Gasteiger partial charge in [-0.25, -0.2) is 4.79 Å². The predicted molar refractivity (Wildman–Crippen MR) is 163 cm³/mol. The molecule has 1 atom stereocenters. The number of hydrogen-bond acceptors (Lipinski definition) is 3. The van der Waals surface area contributed by atoms with Gasteiger partial charge in [-0.1, -0.05) is 148 Å². The van der Waals surface area contributed by atoms with E-state index in [0.29, 0.717) is 12.8 Å². The molecule has 0 bridgehead atoms. The summed E-state index contributed by atoms with van der Waals surface area (Å²) in [4.78, 5) is 23.6.